The van der Waals surface area contributed by atoms with Crippen molar-refractivity contribution in [2.24, 2.45) is 0 Å². The quantitative estimate of drug-likeness (QED) is 0.523. The van der Waals surface area contributed by atoms with Gasteiger partial charge in [-0.05, 0) is 67.8 Å². The predicted octanol–water partition coefficient (Wildman–Crippen LogP) is 2.38. The minimum absolute atomic E-state index is 0.0348. The van der Waals surface area contributed by atoms with Crippen molar-refractivity contribution in [3.05, 3.63) is 53.2 Å². The van der Waals surface area contributed by atoms with E-state index in [-0.39, 0.29) is 29.3 Å². The Balaban J connectivity index is 1.52. The molecular weight excluding hydrogens is 466 g/mol. The van der Waals surface area contributed by atoms with Crippen LogP contribution < -0.4 is 13.8 Å². The van der Waals surface area contributed by atoms with Crippen LogP contribution in [-0.4, -0.2) is 47.1 Å². The van der Waals surface area contributed by atoms with Crippen LogP contribution in [0.2, 0.25) is 0 Å². The third kappa shape index (κ3) is 4.35. The number of hydrogen-bond donors (Lipinski definition) is 2. The lowest BCUT2D eigenvalue weighted by Crippen LogP contribution is -2.30. The molecule has 11 heteroatoms. The fourth-order valence-electron chi connectivity index (χ4n) is 4.13. The van der Waals surface area contributed by atoms with E-state index in [2.05, 4.69) is 9.71 Å². The molecule has 9 nitrogen and oxygen atoms in total. The van der Waals surface area contributed by atoms with Gasteiger partial charge in [0.1, 0.15) is 5.75 Å². The molecule has 4 rings (SSSR count). The molecule has 0 spiro atoms. The number of amides is 1. The number of ether oxygens (including phenoxy) is 1. The number of carbonyl (C=O) groups excluding carboxylic acids is 1. The third-order valence-electron chi connectivity index (χ3n) is 5.75. The molecule has 3 aromatic rings. The van der Waals surface area contributed by atoms with Gasteiger partial charge in [-0.3, -0.25) is 4.79 Å². The maximum Gasteiger partial charge on any atom is 0.242 e. The van der Waals surface area contributed by atoms with Gasteiger partial charge in [0.15, 0.2) is 0 Å². The van der Waals surface area contributed by atoms with Crippen LogP contribution in [0.5, 0.6) is 5.75 Å². The van der Waals surface area contributed by atoms with E-state index >= 15 is 0 Å². The molecule has 2 N–H and O–H groups in total. The SMILES string of the molecule is COc1ccc2[nH]c(C)c(CCNS(=O)(=O)c3ccc(N4C(=O)CCS4(=O)=O)cc3C)c2c1. The van der Waals surface area contributed by atoms with E-state index in [9.17, 15) is 21.6 Å². The zero-order valence-electron chi connectivity index (χ0n) is 18.5. The Labute approximate surface area is 192 Å². The normalized spacial score (nSPS) is 16.0. The maximum absolute atomic E-state index is 12.9. The summed E-state index contributed by atoms with van der Waals surface area (Å²) in [4.78, 5) is 15.3. The van der Waals surface area contributed by atoms with E-state index in [0.717, 1.165) is 32.2 Å². The number of aromatic nitrogens is 1. The Bertz CT molecular complexity index is 1460. The van der Waals surface area contributed by atoms with Crippen LogP contribution in [0.15, 0.2) is 41.3 Å². The minimum Gasteiger partial charge on any atom is -0.497 e. The van der Waals surface area contributed by atoms with E-state index in [0.29, 0.717) is 12.0 Å². The van der Waals surface area contributed by atoms with Gasteiger partial charge in [-0.2, -0.15) is 0 Å². The number of methoxy groups -OCH3 is 1. The number of rotatable bonds is 7. The van der Waals surface area contributed by atoms with Gasteiger partial charge in [0.2, 0.25) is 26.0 Å². The van der Waals surface area contributed by atoms with Gasteiger partial charge in [0, 0.05) is 29.6 Å². The molecule has 2 aromatic carbocycles. The van der Waals surface area contributed by atoms with Crippen LogP contribution in [0, 0.1) is 13.8 Å². The number of anilines is 1. The highest BCUT2D eigenvalue weighted by Gasteiger charge is 2.36. The van der Waals surface area contributed by atoms with Crippen molar-refractivity contribution < 1.29 is 26.4 Å². The molecule has 1 aliphatic heterocycles. The van der Waals surface area contributed by atoms with E-state index in [1.807, 2.05) is 25.1 Å². The van der Waals surface area contributed by atoms with E-state index in [1.165, 1.54) is 18.2 Å². The van der Waals surface area contributed by atoms with Crippen LogP contribution in [0.4, 0.5) is 5.69 Å². The summed E-state index contributed by atoms with van der Waals surface area (Å²) in [5.74, 6) is -0.0441. The van der Waals surface area contributed by atoms with Crippen LogP contribution in [0.3, 0.4) is 0 Å². The standard InChI is InChI=1S/C22H25N3O6S2/c1-14-12-16(25-22(26)9-11-32(25,27)28)4-7-21(14)33(29,30)23-10-8-18-15(2)24-20-6-5-17(31-3)13-19(18)20/h4-7,12-13,23-24H,8-11H2,1-3H3. The molecular formula is C22H25N3O6S2. The Morgan fingerprint density at radius 1 is 1.15 bits per heavy atom. The van der Waals surface area contributed by atoms with Crippen molar-refractivity contribution in [1.82, 2.24) is 9.71 Å². The van der Waals surface area contributed by atoms with Crippen LogP contribution >= 0.6 is 0 Å². The largest absolute Gasteiger partial charge is 0.497 e. The van der Waals surface area contributed by atoms with Crippen LogP contribution in [0.25, 0.3) is 10.9 Å². The highest BCUT2D eigenvalue weighted by Crippen LogP contribution is 2.29. The molecule has 0 aliphatic carbocycles. The third-order valence-corrected chi connectivity index (χ3v) is 9.07. The number of carbonyl (C=O) groups is 1. The molecule has 1 aromatic heterocycles. The van der Waals surface area contributed by atoms with Crippen molar-refractivity contribution in [1.29, 1.82) is 0 Å². The number of nitrogens with zero attached hydrogens (tertiary/aromatic N) is 1. The fourth-order valence-corrected chi connectivity index (χ4v) is 6.84. The van der Waals surface area contributed by atoms with Gasteiger partial charge in [-0.15, -0.1) is 0 Å². The number of nitrogens with one attached hydrogen (secondary N) is 2. The topological polar surface area (TPSA) is 126 Å². The first-order chi connectivity index (χ1) is 15.5. The van der Waals surface area contributed by atoms with E-state index < -0.39 is 26.0 Å². The lowest BCUT2D eigenvalue weighted by Gasteiger charge is -2.17. The first-order valence-electron chi connectivity index (χ1n) is 10.3. The number of sulfonamides is 2. The lowest BCUT2D eigenvalue weighted by molar-refractivity contribution is -0.116. The van der Waals surface area contributed by atoms with Gasteiger partial charge >= 0.3 is 0 Å². The van der Waals surface area contributed by atoms with Gasteiger partial charge in [0.25, 0.3) is 0 Å². The van der Waals surface area contributed by atoms with Crippen molar-refractivity contribution in [2.45, 2.75) is 31.6 Å². The average Bonchev–Trinajstić information content (AvgIpc) is 3.21. The molecule has 33 heavy (non-hydrogen) atoms. The lowest BCUT2D eigenvalue weighted by atomic mass is 10.1. The smallest absolute Gasteiger partial charge is 0.242 e. The molecule has 0 atom stereocenters. The first kappa shape index (κ1) is 23.3. The summed E-state index contributed by atoms with van der Waals surface area (Å²) < 4.78 is 58.8. The Kier molecular flexibility index (Phi) is 5.97. The summed E-state index contributed by atoms with van der Waals surface area (Å²) in [6.45, 7) is 3.68. The molecule has 1 aliphatic rings. The van der Waals surface area contributed by atoms with Gasteiger partial charge in [0.05, 0.1) is 23.4 Å². The molecule has 0 bridgehead atoms. The molecule has 0 unspecified atom stereocenters. The van der Waals surface area contributed by atoms with E-state index in [1.54, 1.807) is 14.0 Å². The summed E-state index contributed by atoms with van der Waals surface area (Å²) in [6.07, 6.45) is 0.387. The predicted molar refractivity (Wildman–Crippen MR) is 126 cm³/mol. The van der Waals surface area contributed by atoms with Crippen LogP contribution in [-0.2, 0) is 31.3 Å². The molecule has 2 heterocycles. The summed E-state index contributed by atoms with van der Waals surface area (Å²) >= 11 is 0. The van der Waals surface area contributed by atoms with E-state index in [4.69, 9.17) is 4.74 Å². The molecule has 0 saturated carbocycles. The number of benzene rings is 2. The Hall–Kier alpha value is -2.89. The molecule has 176 valence electrons. The summed E-state index contributed by atoms with van der Waals surface area (Å²) in [6, 6.07) is 9.78. The first-order valence-corrected chi connectivity index (χ1v) is 13.4. The number of aromatic amines is 1. The van der Waals surface area contributed by atoms with Gasteiger partial charge in [-0.1, -0.05) is 0 Å². The summed E-state index contributed by atoms with van der Waals surface area (Å²) in [7, 11) is -5.96. The molecule has 1 fully saturated rings. The second-order valence-electron chi connectivity index (χ2n) is 7.96. The summed E-state index contributed by atoms with van der Waals surface area (Å²) in [5, 5.41) is 0.975. The van der Waals surface area contributed by atoms with Crippen LogP contribution in [0.1, 0.15) is 23.2 Å². The summed E-state index contributed by atoms with van der Waals surface area (Å²) in [5.41, 5.74) is 3.40. The fraction of sp³-hybridized carbons (Fsp3) is 0.318. The maximum atomic E-state index is 12.9. The second kappa shape index (κ2) is 8.47. The Morgan fingerprint density at radius 2 is 1.91 bits per heavy atom. The van der Waals surface area contributed by atoms with Gasteiger partial charge in [-0.25, -0.2) is 25.9 Å². The zero-order valence-corrected chi connectivity index (χ0v) is 20.1. The number of fused-ring (bicyclic) bond motifs is 1. The number of aryl methyl sites for hydroxylation is 2. The minimum atomic E-state index is -3.84. The zero-order chi connectivity index (χ0) is 24.0. The number of hydrogen-bond acceptors (Lipinski definition) is 6. The molecule has 1 amide bonds. The van der Waals surface area contributed by atoms with Gasteiger partial charge < -0.3 is 9.72 Å². The second-order valence-corrected chi connectivity index (χ2v) is 11.6. The molecule has 0 radical (unpaired) electrons. The molecule has 1 saturated heterocycles. The monoisotopic (exact) mass is 491 g/mol. The average molecular weight is 492 g/mol. The highest BCUT2D eigenvalue weighted by molar-refractivity contribution is 7.94. The van der Waals surface area contributed by atoms with Crippen molar-refractivity contribution in [3.63, 3.8) is 0 Å². The van der Waals surface area contributed by atoms with Crippen molar-refractivity contribution in [3.8, 4) is 5.75 Å². The number of H-pyrrole nitrogens is 1. The Morgan fingerprint density at radius 3 is 2.55 bits per heavy atom. The van der Waals surface area contributed by atoms with Crippen molar-refractivity contribution >= 4 is 42.5 Å². The van der Waals surface area contributed by atoms with Crippen molar-refractivity contribution in [2.75, 3.05) is 23.7 Å². The highest BCUT2D eigenvalue weighted by atomic mass is 32.2.